The molecule has 8 heteroatoms. The fraction of sp³-hybridized carbons (Fsp3) is 0.0952. The molecular formula is C21H14ClFN2O4. The normalized spacial score (nSPS) is 18.4. The molecule has 146 valence electrons. The van der Waals surface area contributed by atoms with Crippen LogP contribution in [0.5, 0.6) is 0 Å². The smallest absolute Gasteiger partial charge is 0.301 e. The van der Waals surface area contributed by atoms with Crippen molar-refractivity contribution in [2.24, 2.45) is 0 Å². The Morgan fingerprint density at radius 3 is 2.52 bits per heavy atom. The van der Waals surface area contributed by atoms with Gasteiger partial charge in [-0.15, -0.1) is 0 Å². The number of aliphatic hydroxyl groups is 1. The van der Waals surface area contributed by atoms with Gasteiger partial charge in [0.25, 0.3) is 5.78 Å². The third-order valence-corrected chi connectivity index (χ3v) is 4.82. The van der Waals surface area contributed by atoms with Crippen molar-refractivity contribution in [1.82, 2.24) is 5.16 Å². The second-order valence-electron chi connectivity index (χ2n) is 6.53. The van der Waals surface area contributed by atoms with Gasteiger partial charge in [0.2, 0.25) is 0 Å². The van der Waals surface area contributed by atoms with Crippen LogP contribution in [0.1, 0.15) is 22.9 Å². The van der Waals surface area contributed by atoms with Crippen LogP contribution >= 0.6 is 11.6 Å². The average molecular weight is 413 g/mol. The summed E-state index contributed by atoms with van der Waals surface area (Å²) in [7, 11) is 0. The molecule has 6 nitrogen and oxygen atoms in total. The van der Waals surface area contributed by atoms with Gasteiger partial charge >= 0.3 is 5.91 Å². The Kier molecular flexibility index (Phi) is 4.68. The van der Waals surface area contributed by atoms with Gasteiger partial charge in [0.05, 0.1) is 11.6 Å². The van der Waals surface area contributed by atoms with E-state index in [2.05, 4.69) is 5.16 Å². The Morgan fingerprint density at radius 1 is 1.17 bits per heavy atom. The third-order valence-electron chi connectivity index (χ3n) is 4.59. The Bertz CT molecular complexity index is 1150. The Balaban J connectivity index is 1.95. The van der Waals surface area contributed by atoms with E-state index in [0.717, 1.165) is 17.0 Å². The van der Waals surface area contributed by atoms with Crippen molar-refractivity contribution in [1.29, 1.82) is 0 Å². The quantitative estimate of drug-likeness (QED) is 0.391. The van der Waals surface area contributed by atoms with Crippen LogP contribution in [0, 0.1) is 12.7 Å². The largest absolute Gasteiger partial charge is 0.507 e. The summed E-state index contributed by atoms with van der Waals surface area (Å²) in [4.78, 5) is 26.9. The van der Waals surface area contributed by atoms with Crippen LogP contribution in [-0.2, 0) is 9.59 Å². The number of Topliss-reactive ketones (excluding diaryl/α,β-unsaturated/α-hetero) is 1. The van der Waals surface area contributed by atoms with E-state index in [0.29, 0.717) is 16.3 Å². The second-order valence-corrected chi connectivity index (χ2v) is 6.96. The zero-order valence-electron chi connectivity index (χ0n) is 15.1. The Labute approximate surface area is 169 Å². The number of aliphatic hydroxyl groups excluding tert-OH is 1. The molecule has 1 unspecified atom stereocenters. The maximum Gasteiger partial charge on any atom is 0.301 e. The molecule has 0 aliphatic carbocycles. The minimum atomic E-state index is -0.983. The van der Waals surface area contributed by atoms with Crippen molar-refractivity contribution < 1.29 is 23.6 Å². The summed E-state index contributed by atoms with van der Waals surface area (Å²) in [6.45, 7) is 1.65. The molecule has 1 N–H and O–H groups in total. The lowest BCUT2D eigenvalue weighted by Crippen LogP contribution is -2.29. The van der Waals surface area contributed by atoms with Gasteiger partial charge < -0.3 is 9.63 Å². The number of rotatable bonds is 3. The van der Waals surface area contributed by atoms with Gasteiger partial charge in [-0.25, -0.2) is 4.39 Å². The van der Waals surface area contributed by atoms with Gasteiger partial charge in [-0.1, -0.05) is 28.9 Å². The lowest BCUT2D eigenvalue weighted by molar-refractivity contribution is -0.132. The SMILES string of the molecule is Cc1cc(N2C(=O)C(=O)C(=C(O)c3ccc(F)cc3)C2c2cccc(Cl)c2)no1. The molecular weight excluding hydrogens is 399 g/mol. The van der Waals surface area contributed by atoms with E-state index in [4.69, 9.17) is 16.1 Å². The van der Waals surface area contributed by atoms with Crippen LogP contribution in [0.3, 0.4) is 0 Å². The molecule has 0 saturated carbocycles. The van der Waals surface area contributed by atoms with Crippen molar-refractivity contribution in [3.63, 3.8) is 0 Å². The topological polar surface area (TPSA) is 83.6 Å². The van der Waals surface area contributed by atoms with E-state index in [-0.39, 0.29) is 17.0 Å². The number of carbonyl (C=O) groups excluding carboxylic acids is 2. The molecule has 0 radical (unpaired) electrons. The number of nitrogens with zero attached hydrogens (tertiary/aromatic N) is 2. The zero-order valence-corrected chi connectivity index (χ0v) is 15.9. The predicted molar refractivity (Wildman–Crippen MR) is 104 cm³/mol. The fourth-order valence-electron chi connectivity index (χ4n) is 3.29. The van der Waals surface area contributed by atoms with E-state index in [9.17, 15) is 19.1 Å². The highest BCUT2D eigenvalue weighted by atomic mass is 35.5. The summed E-state index contributed by atoms with van der Waals surface area (Å²) in [6, 6.07) is 12.1. The minimum Gasteiger partial charge on any atom is -0.507 e. The monoisotopic (exact) mass is 412 g/mol. The summed E-state index contributed by atoms with van der Waals surface area (Å²) < 4.78 is 18.3. The van der Waals surface area contributed by atoms with Crippen LogP contribution in [0.4, 0.5) is 10.2 Å². The zero-order chi connectivity index (χ0) is 20.7. The summed E-state index contributed by atoms with van der Waals surface area (Å²) in [5.74, 6) is -2.09. The number of ketones is 1. The number of aryl methyl sites for hydroxylation is 1. The number of amides is 1. The molecule has 1 aliphatic rings. The maximum absolute atomic E-state index is 13.3. The second kappa shape index (κ2) is 7.18. The number of benzene rings is 2. The lowest BCUT2D eigenvalue weighted by Gasteiger charge is -2.23. The number of aromatic nitrogens is 1. The van der Waals surface area contributed by atoms with Gasteiger partial charge in [0, 0.05) is 16.7 Å². The van der Waals surface area contributed by atoms with Gasteiger partial charge in [-0.05, 0) is 48.9 Å². The van der Waals surface area contributed by atoms with Crippen molar-refractivity contribution in [2.75, 3.05) is 4.90 Å². The highest BCUT2D eigenvalue weighted by Gasteiger charge is 2.48. The van der Waals surface area contributed by atoms with Crippen LogP contribution in [-0.4, -0.2) is 22.0 Å². The van der Waals surface area contributed by atoms with E-state index in [1.54, 1.807) is 31.2 Å². The van der Waals surface area contributed by atoms with Crippen LogP contribution in [0.25, 0.3) is 5.76 Å². The Hall–Kier alpha value is -3.45. The standard InChI is InChI=1S/C21H14ClFN2O4/c1-11-9-16(24-29-11)25-18(13-3-2-4-14(22)10-13)17(20(27)21(25)28)19(26)12-5-7-15(23)8-6-12/h2-10,18,26H,1H3. The molecule has 29 heavy (non-hydrogen) atoms. The summed E-state index contributed by atoms with van der Waals surface area (Å²) in [5.41, 5.74) is 0.554. The van der Waals surface area contributed by atoms with E-state index in [1.807, 2.05) is 0 Å². The molecule has 4 rings (SSSR count). The Morgan fingerprint density at radius 2 is 1.90 bits per heavy atom. The molecule has 1 atom stereocenters. The minimum absolute atomic E-state index is 0.132. The van der Waals surface area contributed by atoms with Gasteiger partial charge in [0.15, 0.2) is 5.82 Å². The third kappa shape index (κ3) is 3.30. The summed E-state index contributed by atoms with van der Waals surface area (Å²) in [5, 5.41) is 15.1. The number of hydrogen-bond donors (Lipinski definition) is 1. The first-order valence-corrected chi connectivity index (χ1v) is 9.00. The number of anilines is 1. The molecule has 1 amide bonds. The lowest BCUT2D eigenvalue weighted by atomic mass is 9.95. The van der Waals surface area contributed by atoms with Crippen molar-refractivity contribution in [3.8, 4) is 0 Å². The van der Waals surface area contributed by atoms with Gasteiger partial charge in [-0.3, -0.25) is 14.5 Å². The molecule has 1 aromatic heterocycles. The molecule has 0 spiro atoms. The number of carbonyl (C=O) groups is 2. The molecule has 1 aliphatic heterocycles. The molecule has 1 fully saturated rings. The van der Waals surface area contributed by atoms with E-state index in [1.165, 1.54) is 18.2 Å². The number of halogens is 2. The van der Waals surface area contributed by atoms with Crippen LogP contribution < -0.4 is 4.90 Å². The van der Waals surface area contributed by atoms with Crippen LogP contribution in [0.2, 0.25) is 5.02 Å². The van der Waals surface area contributed by atoms with E-state index < -0.39 is 29.3 Å². The molecule has 0 bridgehead atoms. The summed E-state index contributed by atoms with van der Waals surface area (Å²) >= 11 is 6.11. The summed E-state index contributed by atoms with van der Waals surface area (Å²) in [6.07, 6.45) is 0. The predicted octanol–water partition coefficient (Wildman–Crippen LogP) is 4.40. The van der Waals surface area contributed by atoms with Gasteiger partial charge in [-0.2, -0.15) is 0 Å². The van der Waals surface area contributed by atoms with Crippen molar-refractivity contribution in [3.05, 3.63) is 87.9 Å². The first kappa shape index (κ1) is 18.9. The van der Waals surface area contributed by atoms with Crippen molar-refractivity contribution >= 4 is 34.9 Å². The fourth-order valence-corrected chi connectivity index (χ4v) is 3.49. The number of hydrogen-bond acceptors (Lipinski definition) is 5. The maximum atomic E-state index is 13.3. The highest BCUT2D eigenvalue weighted by Crippen LogP contribution is 2.42. The van der Waals surface area contributed by atoms with Crippen molar-refractivity contribution in [2.45, 2.75) is 13.0 Å². The molecule has 3 aromatic rings. The van der Waals surface area contributed by atoms with Crippen LogP contribution in [0.15, 0.2) is 64.7 Å². The van der Waals surface area contributed by atoms with E-state index >= 15 is 0 Å². The highest BCUT2D eigenvalue weighted by molar-refractivity contribution is 6.51. The van der Waals surface area contributed by atoms with Gasteiger partial charge in [0.1, 0.15) is 17.3 Å². The molecule has 1 saturated heterocycles. The molecule has 2 heterocycles. The average Bonchev–Trinajstić information content (AvgIpc) is 3.23. The molecule has 2 aromatic carbocycles. The first-order chi connectivity index (χ1) is 13.9. The first-order valence-electron chi connectivity index (χ1n) is 8.62.